The Balaban J connectivity index is 0.000000173. The van der Waals surface area contributed by atoms with E-state index in [0.29, 0.717) is 194 Å². The number of ether oxygens (including phenoxy) is 3. The molecule has 3 amide bonds. The van der Waals surface area contributed by atoms with Gasteiger partial charge in [-0.25, -0.2) is 14.0 Å². The van der Waals surface area contributed by atoms with Crippen LogP contribution >= 0.6 is 23.2 Å². The molecule has 0 radical (unpaired) electrons. The highest BCUT2D eigenvalue weighted by atomic mass is 35.5. The van der Waals surface area contributed by atoms with Crippen molar-refractivity contribution in [3.63, 3.8) is 0 Å². The minimum Gasteiger partial charge on any atom is -0.497 e. The van der Waals surface area contributed by atoms with Crippen LogP contribution in [0.15, 0.2) is 146 Å². The summed E-state index contributed by atoms with van der Waals surface area (Å²) in [6.45, 7) is 11.6. The van der Waals surface area contributed by atoms with Crippen molar-refractivity contribution in [1.29, 1.82) is 0 Å². The number of likely N-dealkylation sites (N-methyl/N-ethyl adjacent to an activating group) is 2. The van der Waals surface area contributed by atoms with Crippen molar-refractivity contribution in [2.45, 2.75) is 39.9 Å². The van der Waals surface area contributed by atoms with E-state index < -0.39 is 45.0 Å². The number of fused-ring (bicyclic) bond motifs is 3. The van der Waals surface area contributed by atoms with E-state index in [4.69, 9.17) is 41.8 Å². The molecule has 0 aliphatic carbocycles. The summed E-state index contributed by atoms with van der Waals surface area (Å²) >= 11 is 12.8. The van der Waals surface area contributed by atoms with Crippen LogP contribution in [-0.2, 0) is 29.1 Å². The van der Waals surface area contributed by atoms with Gasteiger partial charge in [-0.15, -0.1) is 0 Å². The molecular formula is C78H90Cl2FN13O14. The molecule has 0 unspecified atom stereocenters. The number of methoxy groups -OCH3 is 1. The van der Waals surface area contributed by atoms with Gasteiger partial charge in [-0.05, 0) is 172 Å². The summed E-state index contributed by atoms with van der Waals surface area (Å²) in [5.41, 5.74) is 2.46. The molecule has 7 heterocycles. The minimum absolute atomic E-state index is 0.00435. The topological polar surface area (TPSA) is 264 Å². The van der Waals surface area contributed by atoms with Crippen LogP contribution in [0.5, 0.6) is 5.75 Å². The van der Waals surface area contributed by atoms with Gasteiger partial charge in [0.05, 0.1) is 59.4 Å². The van der Waals surface area contributed by atoms with Crippen LogP contribution in [0.2, 0.25) is 10.0 Å². The van der Waals surface area contributed by atoms with Crippen LogP contribution in [0, 0.1) is 15.9 Å². The Morgan fingerprint density at radius 1 is 0.500 bits per heavy atom. The molecule has 0 spiro atoms. The van der Waals surface area contributed by atoms with Gasteiger partial charge in [-0.3, -0.25) is 38.9 Å². The summed E-state index contributed by atoms with van der Waals surface area (Å²) in [7, 11) is 13.2. The number of halogens is 3. The second-order valence-electron chi connectivity index (χ2n) is 26.9. The Kier molecular flexibility index (Phi) is 26.9. The van der Waals surface area contributed by atoms with Gasteiger partial charge in [0, 0.05) is 149 Å². The van der Waals surface area contributed by atoms with Crippen molar-refractivity contribution in [2.24, 2.45) is 0 Å². The van der Waals surface area contributed by atoms with Gasteiger partial charge < -0.3 is 76.4 Å². The van der Waals surface area contributed by atoms with Gasteiger partial charge in [-0.2, -0.15) is 0 Å². The fourth-order valence-corrected chi connectivity index (χ4v) is 13.9. The fourth-order valence-electron chi connectivity index (χ4n) is 13.6. The van der Waals surface area contributed by atoms with Gasteiger partial charge in [0.2, 0.25) is 0 Å². The van der Waals surface area contributed by atoms with E-state index in [1.165, 1.54) is 35.1 Å². The predicted molar refractivity (Wildman–Crippen MR) is 416 cm³/mol. The highest BCUT2D eigenvalue weighted by Crippen LogP contribution is 2.37. The molecule has 0 saturated carbocycles. The number of carbonyl (C=O) groups is 5. The lowest BCUT2D eigenvalue weighted by molar-refractivity contribution is -0.385. The van der Waals surface area contributed by atoms with E-state index >= 15 is 0 Å². The van der Waals surface area contributed by atoms with Crippen LogP contribution in [0.3, 0.4) is 0 Å². The Morgan fingerprint density at radius 3 is 1.33 bits per heavy atom. The van der Waals surface area contributed by atoms with E-state index in [9.17, 15) is 52.9 Å². The number of hydrogen-bond donors (Lipinski definition) is 0. The molecule has 3 aliphatic heterocycles. The number of nitrogens with zero attached hydrogens (tertiary/aromatic N) is 13. The number of aryl methyl sites for hydroxylation is 1. The number of esters is 2. The molecule has 3 aliphatic rings. The average Bonchev–Trinajstić information content (AvgIpc) is 0.806. The van der Waals surface area contributed by atoms with Gasteiger partial charge in [0.15, 0.2) is 5.76 Å². The maximum atomic E-state index is 13.8. The number of amides is 3. The molecule has 4 aromatic heterocycles. The normalized spacial score (nSPS) is 14.0. The number of nitro groups is 1. The molecule has 9 aromatic rings. The quantitative estimate of drug-likeness (QED) is 0.0347. The van der Waals surface area contributed by atoms with Crippen molar-refractivity contribution in [2.75, 3.05) is 175 Å². The van der Waals surface area contributed by atoms with E-state index in [0.717, 1.165) is 6.54 Å². The number of furan rings is 1. The maximum absolute atomic E-state index is 13.8. The van der Waals surface area contributed by atoms with Crippen LogP contribution in [0.4, 0.5) is 27.1 Å². The first kappa shape index (κ1) is 79.9. The smallest absolute Gasteiger partial charge is 0.357 e. The molecule has 0 N–H and O–H groups in total. The minimum atomic E-state index is -0.687. The average molecular weight is 1520 g/mol. The monoisotopic (exact) mass is 1520 g/mol. The largest absolute Gasteiger partial charge is 0.497 e. The molecule has 572 valence electrons. The zero-order valence-corrected chi connectivity index (χ0v) is 63.6. The molecule has 30 heteroatoms. The molecule has 0 bridgehead atoms. The summed E-state index contributed by atoms with van der Waals surface area (Å²) in [5.74, 6) is -1.29. The molecule has 5 aromatic carbocycles. The fraction of sp³-hybridized carbons (Fsp3) is 0.385. The zero-order chi connectivity index (χ0) is 77.6. The molecular weight excluding hydrogens is 1430 g/mol. The summed E-state index contributed by atoms with van der Waals surface area (Å²) in [5, 5.41) is 15.1. The van der Waals surface area contributed by atoms with Crippen molar-refractivity contribution < 1.29 is 51.9 Å². The number of pyridine rings is 3. The van der Waals surface area contributed by atoms with E-state index in [1.54, 1.807) is 112 Å². The third kappa shape index (κ3) is 18.3. The highest BCUT2D eigenvalue weighted by Gasteiger charge is 2.36. The standard InChI is InChI=1S/C28H33ClN4O5.C27H30ClFN4O4.C23H27N5O5/c1-5-38-28(36)24-25(22-18-20(29)8-11-23(22)33(27(24)35)17-12-30(2)3)31-13-15-32(16-14-31)26(34)19-6-9-21(37-4)10-7-19;1-4-37-27(36)23-24(21-17-19(28)7-10-22(21)33(26(23)35)16-11-30(2)3)31-12-14-32(15-13-31)25(34)18-5-8-20(29)9-6-18;1-24(2)10-6-11-27-18-8-4-3-7-17(18)20(21(23(27)30)28(31)32)25-12-14-26(15-13-25)22(29)19-9-5-16-33-19/h6-11,18H,5,12-17H2,1-4H3;5-10,17H,4,11-16H2,1-3H3;3-5,7-9,16H,6,10-15H2,1-2H3. The number of rotatable bonds is 22. The maximum Gasteiger partial charge on any atom is 0.357 e. The molecule has 12 rings (SSSR count). The second kappa shape index (κ2) is 36.3. The Morgan fingerprint density at radius 2 is 0.917 bits per heavy atom. The molecule has 0 atom stereocenters. The lowest BCUT2D eigenvalue weighted by atomic mass is 10.1. The van der Waals surface area contributed by atoms with Crippen molar-refractivity contribution >= 4 is 108 Å². The zero-order valence-electron chi connectivity index (χ0n) is 62.1. The van der Waals surface area contributed by atoms with Gasteiger partial charge in [-0.1, -0.05) is 41.4 Å². The Hall–Kier alpha value is -10.7. The first-order chi connectivity index (χ1) is 51.8. The number of para-hydroxylation sites is 1. The highest BCUT2D eigenvalue weighted by molar-refractivity contribution is 6.32. The summed E-state index contributed by atoms with van der Waals surface area (Å²) in [6, 6.07) is 33.7. The van der Waals surface area contributed by atoms with E-state index in [-0.39, 0.29) is 47.8 Å². The predicted octanol–water partition coefficient (Wildman–Crippen LogP) is 9.28. The first-order valence-corrected chi connectivity index (χ1v) is 36.5. The Labute approximate surface area is 634 Å². The van der Waals surface area contributed by atoms with Gasteiger partial charge in [0.1, 0.15) is 28.4 Å². The van der Waals surface area contributed by atoms with Gasteiger partial charge in [0.25, 0.3) is 28.8 Å². The van der Waals surface area contributed by atoms with Crippen molar-refractivity contribution in [3.05, 3.63) is 213 Å². The lowest BCUT2D eigenvalue weighted by Gasteiger charge is -2.37. The molecule has 3 fully saturated rings. The third-order valence-corrected chi connectivity index (χ3v) is 19.5. The molecule has 3 saturated heterocycles. The van der Waals surface area contributed by atoms with Crippen LogP contribution < -0.4 is 36.1 Å². The molecule has 108 heavy (non-hydrogen) atoms. The van der Waals surface area contributed by atoms with Crippen molar-refractivity contribution in [3.8, 4) is 5.75 Å². The first-order valence-electron chi connectivity index (χ1n) is 35.7. The number of carbonyl (C=O) groups excluding carboxylic acids is 5. The summed E-state index contributed by atoms with van der Waals surface area (Å²) in [6.07, 6.45) is 2.15. The van der Waals surface area contributed by atoms with E-state index in [2.05, 4.69) is 0 Å². The van der Waals surface area contributed by atoms with Crippen LogP contribution in [0.1, 0.15) is 72.3 Å². The third-order valence-electron chi connectivity index (χ3n) is 19.0. The SMILES string of the molecule is CCOC(=O)c1c(N2CCN(C(=O)c3ccc(F)cc3)CC2)c2cc(Cl)ccc2n(CCN(C)C)c1=O.CCOC(=O)c1c(N2CCN(C(=O)c3ccc(OC)cc3)CC2)c2cc(Cl)ccc2n(CCN(C)C)c1=O.CN(C)CCCn1c(=O)c([N+](=O)[O-])c(N2CCN(C(=O)c3ccco3)CC2)c2ccccc21. The number of benzene rings is 5. The van der Waals surface area contributed by atoms with Gasteiger partial charge >= 0.3 is 23.2 Å². The van der Waals surface area contributed by atoms with E-state index in [1.807, 2.05) is 102 Å². The molecule has 27 nitrogen and oxygen atoms in total. The Bertz CT molecular complexity index is 4930. The van der Waals surface area contributed by atoms with Crippen molar-refractivity contribution in [1.82, 2.24) is 43.1 Å². The summed E-state index contributed by atoms with van der Waals surface area (Å²) in [4.78, 5) is 134. The van der Waals surface area contributed by atoms with Crippen LogP contribution in [0.25, 0.3) is 32.7 Å². The number of hydrogen-bond acceptors (Lipinski definition) is 20. The number of aromatic nitrogens is 3. The lowest BCUT2D eigenvalue weighted by Crippen LogP contribution is -2.49. The number of piperazine rings is 3. The second-order valence-corrected chi connectivity index (χ2v) is 27.7. The summed E-state index contributed by atoms with van der Waals surface area (Å²) < 4.78 is 39.0. The van der Waals surface area contributed by atoms with Crippen LogP contribution in [-0.4, -0.2) is 238 Å². The number of anilines is 3.